The van der Waals surface area contributed by atoms with Crippen molar-refractivity contribution in [2.75, 3.05) is 9.80 Å². The molecule has 16 rings (SSSR count). The molecule has 0 N–H and O–H groups in total. The minimum Gasteiger partial charge on any atom is -0.310 e. The number of hydrogen-bond donors (Lipinski definition) is 0. The fraction of sp³-hybridized carbons (Fsp3) is 0. The molecule has 0 saturated carbocycles. The normalized spacial score (nSPS) is 11.6. The highest BCUT2D eigenvalue weighted by Gasteiger charge is 2.22. The number of nitrogens with zero attached hydrogens (tertiary/aromatic N) is 4. The summed E-state index contributed by atoms with van der Waals surface area (Å²) in [6.07, 6.45) is 0. The van der Waals surface area contributed by atoms with Gasteiger partial charge in [0.1, 0.15) is 0 Å². The summed E-state index contributed by atoms with van der Waals surface area (Å²) in [7, 11) is 0. The second-order valence-corrected chi connectivity index (χ2v) is 21.7. The largest absolute Gasteiger partial charge is 0.310 e. The summed E-state index contributed by atoms with van der Waals surface area (Å²) in [6, 6.07) is 120. The molecule has 0 amide bonds. The Bertz CT molecular complexity index is 4720. The number of aromatic nitrogens is 2. The van der Waals surface area contributed by atoms with Gasteiger partial charge in [-0.2, -0.15) is 0 Å². The lowest BCUT2D eigenvalue weighted by Gasteiger charge is -2.28. The van der Waals surface area contributed by atoms with Crippen molar-refractivity contribution in [1.82, 2.24) is 9.13 Å². The average Bonchev–Trinajstić information content (AvgIpc) is 4.20. The number of benzene rings is 14. The minimum absolute atomic E-state index is 1.05. The van der Waals surface area contributed by atoms with Gasteiger partial charge in [0.2, 0.25) is 0 Å². The average molecular weight is 1070 g/mol. The first-order chi connectivity index (χ1) is 41.7. The summed E-state index contributed by atoms with van der Waals surface area (Å²) in [5.41, 5.74) is 20.1. The number of para-hydroxylation sites is 6. The molecular weight excluding hydrogens is 1020 g/mol. The van der Waals surface area contributed by atoms with Crippen LogP contribution in [0.5, 0.6) is 0 Å². The lowest BCUT2D eigenvalue weighted by Crippen LogP contribution is -2.11. The highest BCUT2D eigenvalue weighted by atomic mass is 15.1. The van der Waals surface area contributed by atoms with E-state index in [0.29, 0.717) is 0 Å². The third-order valence-electron chi connectivity index (χ3n) is 16.8. The molecule has 0 aliphatic heterocycles. The van der Waals surface area contributed by atoms with Gasteiger partial charge >= 0.3 is 0 Å². The minimum atomic E-state index is 1.05. The standard InChI is InChI=1S/C80H54N4/c1-5-27-63(28-6-1)81(64-29-7-2-8-30-64)67-49-59(57-43-45-79-73(53-57)71-37-17-19-39-77(71)83(79)75-41-21-25-55-23-13-15-35-69(55)75)47-61(51-67)62-48-60(50-68(52-62)82(65-31-9-3-10-32-65)66-33-11-4-12-34-66)58-44-46-80-74(54-58)72-38-18-20-40-78(72)84(80)76-42-22-26-56-24-14-16-36-70(56)76/h1-54H. The van der Waals surface area contributed by atoms with Gasteiger partial charge in [0, 0.05) is 66.4 Å². The second kappa shape index (κ2) is 20.4. The predicted molar refractivity (Wildman–Crippen MR) is 356 cm³/mol. The fourth-order valence-corrected chi connectivity index (χ4v) is 13.0. The van der Waals surface area contributed by atoms with Crippen molar-refractivity contribution in [1.29, 1.82) is 0 Å². The molecule has 0 aliphatic rings. The maximum absolute atomic E-state index is 2.45. The molecule has 2 aromatic heterocycles. The summed E-state index contributed by atoms with van der Waals surface area (Å²) in [5.74, 6) is 0. The third kappa shape index (κ3) is 8.39. The molecule has 16 aromatic rings. The van der Waals surface area contributed by atoms with Crippen LogP contribution in [0.25, 0.3) is 110 Å². The van der Waals surface area contributed by atoms with Gasteiger partial charge in [0.25, 0.3) is 0 Å². The molecule has 4 nitrogen and oxygen atoms in total. The summed E-state index contributed by atoms with van der Waals surface area (Å²) in [4.78, 5) is 4.78. The Balaban J connectivity index is 0.946. The van der Waals surface area contributed by atoms with Crippen LogP contribution in [0.1, 0.15) is 0 Å². The molecule has 0 aliphatic carbocycles. The lowest BCUT2D eigenvalue weighted by atomic mass is 9.93. The van der Waals surface area contributed by atoms with Crippen molar-refractivity contribution in [2.45, 2.75) is 0 Å². The summed E-state index contributed by atoms with van der Waals surface area (Å²) in [6.45, 7) is 0. The van der Waals surface area contributed by atoms with Gasteiger partial charge in [0.15, 0.2) is 0 Å². The number of fused-ring (bicyclic) bond motifs is 8. The number of rotatable bonds is 11. The SMILES string of the molecule is c1ccc(N(c2ccccc2)c2cc(-c3cc(-c4ccc5c(c4)c4ccccc4n5-c4cccc5ccccc45)cc(N(c4ccccc4)c4ccccc4)c3)cc(-c3ccc4c(c3)c3ccccc3n4-c3cccc4ccccc34)c2)cc1. The smallest absolute Gasteiger partial charge is 0.0541 e. The van der Waals surface area contributed by atoms with Gasteiger partial charge in [0.05, 0.1) is 33.4 Å². The first-order valence-electron chi connectivity index (χ1n) is 28.8. The van der Waals surface area contributed by atoms with Crippen LogP contribution in [0, 0.1) is 0 Å². The highest BCUT2D eigenvalue weighted by Crippen LogP contribution is 2.46. The van der Waals surface area contributed by atoms with Crippen molar-refractivity contribution in [3.05, 3.63) is 328 Å². The Morgan fingerprint density at radius 2 is 0.476 bits per heavy atom. The Kier molecular flexibility index (Phi) is 11.8. The maximum Gasteiger partial charge on any atom is 0.0541 e. The van der Waals surface area contributed by atoms with E-state index in [-0.39, 0.29) is 0 Å². The van der Waals surface area contributed by atoms with E-state index in [4.69, 9.17) is 0 Å². The van der Waals surface area contributed by atoms with Crippen molar-refractivity contribution in [2.24, 2.45) is 0 Å². The van der Waals surface area contributed by atoms with Crippen LogP contribution < -0.4 is 9.80 Å². The Labute approximate surface area is 487 Å². The van der Waals surface area contributed by atoms with Gasteiger partial charge in [-0.25, -0.2) is 0 Å². The zero-order chi connectivity index (χ0) is 55.5. The summed E-state index contributed by atoms with van der Waals surface area (Å²) in [5, 5.41) is 9.71. The van der Waals surface area contributed by atoms with E-state index >= 15 is 0 Å². The zero-order valence-corrected chi connectivity index (χ0v) is 46.0. The second-order valence-electron chi connectivity index (χ2n) is 21.7. The molecular formula is C80H54N4. The van der Waals surface area contributed by atoms with Crippen molar-refractivity contribution in [3.8, 4) is 44.8 Å². The zero-order valence-electron chi connectivity index (χ0n) is 46.0. The third-order valence-corrected chi connectivity index (χ3v) is 16.8. The van der Waals surface area contributed by atoms with E-state index in [1.54, 1.807) is 0 Å². The number of hydrogen-bond acceptors (Lipinski definition) is 2. The molecule has 4 heteroatoms. The monoisotopic (exact) mass is 1070 g/mol. The lowest BCUT2D eigenvalue weighted by molar-refractivity contribution is 1.20. The summed E-state index contributed by atoms with van der Waals surface area (Å²) < 4.78 is 4.89. The van der Waals surface area contributed by atoms with E-state index in [2.05, 4.69) is 347 Å². The predicted octanol–water partition coefficient (Wildman–Crippen LogP) is 22.1. The van der Waals surface area contributed by atoms with Crippen molar-refractivity contribution < 1.29 is 0 Å². The highest BCUT2D eigenvalue weighted by molar-refractivity contribution is 6.13. The Hall–Kier alpha value is -11.2. The molecule has 2 heterocycles. The van der Waals surface area contributed by atoms with Gasteiger partial charge in [-0.15, -0.1) is 0 Å². The molecule has 0 unspecified atom stereocenters. The molecule has 394 valence electrons. The van der Waals surface area contributed by atoms with Crippen molar-refractivity contribution >= 4 is 99.3 Å². The molecule has 0 radical (unpaired) electrons. The van der Waals surface area contributed by atoms with Crippen LogP contribution >= 0.6 is 0 Å². The number of anilines is 6. The molecule has 0 spiro atoms. The van der Waals surface area contributed by atoms with Gasteiger partial charge in [-0.1, -0.05) is 194 Å². The first-order valence-corrected chi connectivity index (χ1v) is 28.8. The van der Waals surface area contributed by atoms with E-state index in [1.165, 1.54) is 76.5 Å². The van der Waals surface area contributed by atoms with Gasteiger partial charge < -0.3 is 18.9 Å². The Morgan fingerprint density at radius 1 is 0.179 bits per heavy atom. The Morgan fingerprint density at radius 3 is 0.857 bits per heavy atom. The molecule has 0 atom stereocenters. The van der Waals surface area contributed by atoms with Gasteiger partial charge in [-0.3, -0.25) is 0 Å². The van der Waals surface area contributed by atoms with Crippen LogP contribution in [0.3, 0.4) is 0 Å². The molecule has 84 heavy (non-hydrogen) atoms. The molecule has 0 bridgehead atoms. The molecule has 0 fully saturated rings. The van der Waals surface area contributed by atoms with E-state index < -0.39 is 0 Å². The van der Waals surface area contributed by atoms with E-state index in [1.807, 2.05) is 0 Å². The van der Waals surface area contributed by atoms with Gasteiger partial charge in [-0.05, 0) is 178 Å². The fourth-order valence-electron chi connectivity index (χ4n) is 13.0. The quantitative estimate of drug-likeness (QED) is 0.128. The molecule has 0 saturated heterocycles. The maximum atomic E-state index is 2.45. The van der Waals surface area contributed by atoms with Crippen molar-refractivity contribution in [3.63, 3.8) is 0 Å². The topological polar surface area (TPSA) is 16.3 Å². The van der Waals surface area contributed by atoms with Crippen LogP contribution in [0.2, 0.25) is 0 Å². The van der Waals surface area contributed by atoms with Crippen LogP contribution in [0.15, 0.2) is 328 Å². The molecule has 14 aromatic carbocycles. The first kappa shape index (κ1) is 48.7. The van der Waals surface area contributed by atoms with Crippen LogP contribution in [-0.2, 0) is 0 Å². The van der Waals surface area contributed by atoms with E-state index in [9.17, 15) is 0 Å². The summed E-state index contributed by atoms with van der Waals surface area (Å²) >= 11 is 0. The van der Waals surface area contributed by atoms with Crippen LogP contribution in [0.4, 0.5) is 34.1 Å². The van der Waals surface area contributed by atoms with E-state index in [0.717, 1.165) is 67.5 Å². The van der Waals surface area contributed by atoms with Crippen LogP contribution in [-0.4, -0.2) is 9.13 Å².